The number of carboxylic acids is 1. The van der Waals surface area contributed by atoms with Gasteiger partial charge in [0, 0.05) is 23.6 Å². The average Bonchev–Trinajstić information content (AvgIpc) is 3.00. The molecule has 3 rings (SSSR count). The van der Waals surface area contributed by atoms with Crippen LogP contribution in [0.15, 0.2) is 48.5 Å². The second-order valence-electron chi connectivity index (χ2n) is 5.62. The van der Waals surface area contributed by atoms with Gasteiger partial charge in [0.25, 0.3) is 0 Å². The first kappa shape index (κ1) is 15.4. The molecule has 0 radical (unpaired) electrons. The molecule has 0 saturated carbocycles. The second-order valence-corrected chi connectivity index (χ2v) is 5.62. The maximum absolute atomic E-state index is 12.9. The summed E-state index contributed by atoms with van der Waals surface area (Å²) in [6, 6.07) is 13.4. The Kier molecular flexibility index (Phi) is 4.23. The van der Waals surface area contributed by atoms with E-state index in [1.807, 2.05) is 12.1 Å². The molecule has 2 unspecified atom stereocenters. The molecule has 1 fully saturated rings. The van der Waals surface area contributed by atoms with Gasteiger partial charge in [0.2, 0.25) is 0 Å². The standard InChI is InChI=1S/C18H17NO4/c20-16-9-11(10-19-16)12-5-1-2-6-13(12)17(21)14-7-3-4-8-15(14)18(22)23/h1-8,11,16,19-20H,9-10H2,(H,22,23). The predicted molar refractivity (Wildman–Crippen MR) is 84.6 cm³/mol. The van der Waals surface area contributed by atoms with E-state index in [1.165, 1.54) is 12.1 Å². The summed E-state index contributed by atoms with van der Waals surface area (Å²) in [6.07, 6.45) is -0.0420. The molecule has 0 spiro atoms. The summed E-state index contributed by atoms with van der Waals surface area (Å²) in [5.41, 5.74) is 1.50. The molecule has 0 aromatic heterocycles. The van der Waals surface area contributed by atoms with E-state index < -0.39 is 12.2 Å². The van der Waals surface area contributed by atoms with E-state index >= 15 is 0 Å². The minimum atomic E-state index is -1.12. The van der Waals surface area contributed by atoms with E-state index in [2.05, 4.69) is 5.32 Å². The summed E-state index contributed by atoms with van der Waals surface area (Å²) in [5.74, 6) is -1.40. The molecule has 1 heterocycles. The maximum Gasteiger partial charge on any atom is 0.336 e. The van der Waals surface area contributed by atoms with Crippen LogP contribution in [0.1, 0.15) is 44.2 Å². The molecule has 2 atom stereocenters. The first-order chi connectivity index (χ1) is 11.1. The zero-order valence-electron chi connectivity index (χ0n) is 12.4. The molecule has 2 aromatic carbocycles. The Hall–Kier alpha value is -2.50. The van der Waals surface area contributed by atoms with Gasteiger partial charge in [-0.1, -0.05) is 42.5 Å². The van der Waals surface area contributed by atoms with Gasteiger partial charge in [-0.3, -0.25) is 10.1 Å². The lowest BCUT2D eigenvalue weighted by atomic mass is 9.88. The number of aromatic carboxylic acids is 1. The predicted octanol–water partition coefficient (Wildman–Crippen LogP) is 2.01. The largest absolute Gasteiger partial charge is 0.478 e. The molecule has 118 valence electrons. The van der Waals surface area contributed by atoms with Crippen molar-refractivity contribution in [1.82, 2.24) is 5.32 Å². The number of benzene rings is 2. The van der Waals surface area contributed by atoms with E-state index in [4.69, 9.17) is 0 Å². The molecule has 0 bridgehead atoms. The number of aliphatic hydroxyl groups excluding tert-OH is 1. The Morgan fingerprint density at radius 1 is 0.957 bits per heavy atom. The van der Waals surface area contributed by atoms with Crippen LogP contribution in [0, 0.1) is 0 Å². The Morgan fingerprint density at radius 3 is 2.17 bits per heavy atom. The van der Waals surface area contributed by atoms with Gasteiger partial charge >= 0.3 is 5.97 Å². The van der Waals surface area contributed by atoms with Crippen molar-refractivity contribution < 1.29 is 19.8 Å². The summed E-state index contributed by atoms with van der Waals surface area (Å²) < 4.78 is 0. The van der Waals surface area contributed by atoms with Crippen molar-refractivity contribution in [3.05, 3.63) is 70.8 Å². The van der Waals surface area contributed by atoms with Crippen molar-refractivity contribution in [3.8, 4) is 0 Å². The highest BCUT2D eigenvalue weighted by Crippen LogP contribution is 2.29. The number of carbonyl (C=O) groups excluding carboxylic acids is 1. The summed E-state index contributed by atoms with van der Waals surface area (Å²) in [5, 5.41) is 21.9. The summed E-state index contributed by atoms with van der Waals surface area (Å²) in [6.45, 7) is 0.589. The van der Waals surface area contributed by atoms with Gasteiger partial charge < -0.3 is 10.2 Å². The van der Waals surface area contributed by atoms with Gasteiger partial charge in [-0.2, -0.15) is 0 Å². The first-order valence-corrected chi connectivity index (χ1v) is 7.45. The normalized spacial score (nSPS) is 20.4. The quantitative estimate of drug-likeness (QED) is 0.752. The molecule has 0 aliphatic carbocycles. The molecule has 0 amide bonds. The van der Waals surface area contributed by atoms with Gasteiger partial charge in [0.15, 0.2) is 5.78 Å². The summed E-state index contributed by atoms with van der Waals surface area (Å²) in [4.78, 5) is 24.2. The van der Waals surface area contributed by atoms with Crippen molar-refractivity contribution in [2.75, 3.05) is 6.54 Å². The van der Waals surface area contributed by atoms with Gasteiger partial charge in [-0.25, -0.2) is 4.79 Å². The fourth-order valence-electron chi connectivity index (χ4n) is 3.02. The minimum absolute atomic E-state index is 0.00288. The van der Waals surface area contributed by atoms with Crippen LogP contribution in [0.2, 0.25) is 0 Å². The van der Waals surface area contributed by atoms with Crippen LogP contribution in [0.3, 0.4) is 0 Å². The van der Waals surface area contributed by atoms with Crippen LogP contribution < -0.4 is 5.32 Å². The molecule has 1 aliphatic rings. The number of carbonyl (C=O) groups is 2. The van der Waals surface area contributed by atoms with E-state index in [0.717, 1.165) is 5.56 Å². The lowest BCUT2D eigenvalue weighted by molar-refractivity contribution is 0.0692. The third-order valence-corrected chi connectivity index (χ3v) is 4.15. The molecule has 1 saturated heterocycles. The van der Waals surface area contributed by atoms with Crippen molar-refractivity contribution in [2.24, 2.45) is 0 Å². The lowest BCUT2D eigenvalue weighted by Crippen LogP contribution is -2.19. The zero-order valence-corrected chi connectivity index (χ0v) is 12.4. The number of hydrogen-bond donors (Lipinski definition) is 3. The fraction of sp³-hybridized carbons (Fsp3) is 0.222. The van der Waals surface area contributed by atoms with E-state index in [9.17, 15) is 19.8 Å². The van der Waals surface area contributed by atoms with Crippen LogP contribution in [0.5, 0.6) is 0 Å². The van der Waals surface area contributed by atoms with Crippen molar-refractivity contribution in [1.29, 1.82) is 0 Å². The Morgan fingerprint density at radius 2 is 1.57 bits per heavy atom. The molecule has 5 nitrogen and oxygen atoms in total. The topological polar surface area (TPSA) is 86.6 Å². The average molecular weight is 311 g/mol. The van der Waals surface area contributed by atoms with Crippen LogP contribution in [-0.4, -0.2) is 34.7 Å². The number of carboxylic acid groups (broad SMARTS) is 1. The Labute approximate surface area is 133 Å². The molecule has 2 aromatic rings. The van der Waals surface area contributed by atoms with Gasteiger partial charge in [0.05, 0.1) is 5.56 Å². The SMILES string of the molecule is O=C(O)c1ccccc1C(=O)c1ccccc1C1CNC(O)C1. The second kappa shape index (κ2) is 6.32. The van der Waals surface area contributed by atoms with E-state index in [-0.39, 0.29) is 22.8 Å². The van der Waals surface area contributed by atoms with Gasteiger partial charge in [0.1, 0.15) is 6.23 Å². The smallest absolute Gasteiger partial charge is 0.336 e. The van der Waals surface area contributed by atoms with Crippen LogP contribution in [-0.2, 0) is 0 Å². The number of ketones is 1. The highest BCUT2D eigenvalue weighted by atomic mass is 16.4. The first-order valence-electron chi connectivity index (χ1n) is 7.45. The Bertz CT molecular complexity index is 756. The van der Waals surface area contributed by atoms with Crippen LogP contribution in [0.4, 0.5) is 0 Å². The summed E-state index contributed by atoms with van der Waals surface area (Å²) in [7, 11) is 0. The van der Waals surface area contributed by atoms with Crippen molar-refractivity contribution >= 4 is 11.8 Å². The number of nitrogens with one attached hydrogen (secondary N) is 1. The molecule has 3 N–H and O–H groups in total. The number of rotatable bonds is 4. The van der Waals surface area contributed by atoms with Crippen molar-refractivity contribution in [2.45, 2.75) is 18.6 Å². The zero-order chi connectivity index (χ0) is 16.4. The highest BCUT2D eigenvalue weighted by Gasteiger charge is 2.28. The third-order valence-electron chi connectivity index (χ3n) is 4.15. The monoisotopic (exact) mass is 311 g/mol. The molecule has 1 aliphatic heterocycles. The highest BCUT2D eigenvalue weighted by molar-refractivity contribution is 6.15. The maximum atomic E-state index is 12.9. The lowest BCUT2D eigenvalue weighted by Gasteiger charge is -2.14. The third kappa shape index (κ3) is 3.02. The van der Waals surface area contributed by atoms with Crippen molar-refractivity contribution in [3.63, 3.8) is 0 Å². The Balaban J connectivity index is 2.03. The molecular formula is C18H17NO4. The van der Waals surface area contributed by atoms with Crippen LogP contribution in [0.25, 0.3) is 0 Å². The van der Waals surface area contributed by atoms with E-state index in [0.29, 0.717) is 18.5 Å². The molecular weight excluding hydrogens is 294 g/mol. The fourth-order valence-corrected chi connectivity index (χ4v) is 3.02. The summed E-state index contributed by atoms with van der Waals surface area (Å²) >= 11 is 0. The molecule has 23 heavy (non-hydrogen) atoms. The van der Waals surface area contributed by atoms with E-state index in [1.54, 1.807) is 24.3 Å². The van der Waals surface area contributed by atoms with Gasteiger partial charge in [-0.05, 0) is 18.1 Å². The number of aliphatic hydroxyl groups is 1. The van der Waals surface area contributed by atoms with Gasteiger partial charge in [-0.15, -0.1) is 0 Å². The number of hydrogen-bond acceptors (Lipinski definition) is 4. The van der Waals surface area contributed by atoms with Crippen LogP contribution >= 0.6 is 0 Å². The molecule has 5 heteroatoms. The minimum Gasteiger partial charge on any atom is -0.478 e.